The summed E-state index contributed by atoms with van der Waals surface area (Å²) >= 11 is 0. The fourth-order valence-corrected chi connectivity index (χ4v) is 1.96. The zero-order chi connectivity index (χ0) is 12.0. The minimum atomic E-state index is -0.273. The van der Waals surface area contributed by atoms with Crippen molar-refractivity contribution in [1.29, 1.82) is 0 Å². The summed E-state index contributed by atoms with van der Waals surface area (Å²) in [6.45, 7) is 6.05. The van der Waals surface area contributed by atoms with Gasteiger partial charge in [0.25, 0.3) is 0 Å². The van der Waals surface area contributed by atoms with Gasteiger partial charge in [0, 0.05) is 13.1 Å². The standard InChI is InChI=1S/C13H26N2O/c1-3-5-6-12(14)13(16)15(9-4-2)10-11-7-8-11/h11-12H,3-10,14H2,1-2H3. The van der Waals surface area contributed by atoms with Crippen LogP contribution in [0.15, 0.2) is 0 Å². The van der Waals surface area contributed by atoms with Crippen molar-refractivity contribution in [1.82, 2.24) is 4.90 Å². The van der Waals surface area contributed by atoms with Crippen molar-refractivity contribution >= 4 is 5.91 Å². The molecule has 1 saturated carbocycles. The van der Waals surface area contributed by atoms with E-state index in [1.54, 1.807) is 0 Å². The Hall–Kier alpha value is -0.570. The van der Waals surface area contributed by atoms with Gasteiger partial charge in [-0.25, -0.2) is 0 Å². The first-order chi connectivity index (χ1) is 7.69. The maximum absolute atomic E-state index is 12.1. The van der Waals surface area contributed by atoms with Gasteiger partial charge in [0.2, 0.25) is 5.91 Å². The van der Waals surface area contributed by atoms with Crippen LogP contribution in [0.3, 0.4) is 0 Å². The molecular weight excluding hydrogens is 200 g/mol. The van der Waals surface area contributed by atoms with E-state index in [9.17, 15) is 4.79 Å². The molecule has 1 atom stereocenters. The lowest BCUT2D eigenvalue weighted by Gasteiger charge is -2.25. The highest BCUT2D eigenvalue weighted by Gasteiger charge is 2.28. The van der Waals surface area contributed by atoms with Gasteiger partial charge in [-0.3, -0.25) is 4.79 Å². The van der Waals surface area contributed by atoms with Crippen LogP contribution < -0.4 is 5.73 Å². The number of carbonyl (C=O) groups is 1. The van der Waals surface area contributed by atoms with Gasteiger partial charge in [-0.05, 0) is 31.6 Å². The van der Waals surface area contributed by atoms with E-state index in [1.165, 1.54) is 12.8 Å². The number of hydrogen-bond acceptors (Lipinski definition) is 2. The Kier molecular flexibility index (Phi) is 5.81. The van der Waals surface area contributed by atoms with Crippen molar-refractivity contribution in [2.24, 2.45) is 11.7 Å². The Morgan fingerprint density at radius 2 is 2.06 bits per heavy atom. The van der Waals surface area contributed by atoms with Crippen molar-refractivity contribution in [3.8, 4) is 0 Å². The summed E-state index contributed by atoms with van der Waals surface area (Å²) in [4.78, 5) is 14.1. The second-order valence-electron chi connectivity index (χ2n) is 4.98. The minimum absolute atomic E-state index is 0.169. The molecule has 3 heteroatoms. The van der Waals surface area contributed by atoms with Crippen LogP contribution in [0.2, 0.25) is 0 Å². The first kappa shape index (κ1) is 13.5. The number of amides is 1. The fraction of sp³-hybridized carbons (Fsp3) is 0.923. The molecule has 16 heavy (non-hydrogen) atoms. The molecule has 3 nitrogen and oxygen atoms in total. The van der Waals surface area contributed by atoms with Crippen molar-refractivity contribution < 1.29 is 4.79 Å². The molecule has 0 heterocycles. The molecule has 0 bridgehead atoms. The predicted molar refractivity (Wildman–Crippen MR) is 67.1 cm³/mol. The lowest BCUT2D eigenvalue weighted by Crippen LogP contribution is -2.45. The van der Waals surface area contributed by atoms with Gasteiger partial charge >= 0.3 is 0 Å². The molecule has 0 spiro atoms. The average Bonchev–Trinajstić information content (AvgIpc) is 3.08. The summed E-state index contributed by atoms with van der Waals surface area (Å²) in [7, 11) is 0. The molecule has 1 rings (SSSR count). The molecule has 0 aromatic carbocycles. The molecule has 0 aromatic rings. The highest BCUT2D eigenvalue weighted by atomic mass is 16.2. The van der Waals surface area contributed by atoms with Crippen LogP contribution in [0.5, 0.6) is 0 Å². The van der Waals surface area contributed by atoms with E-state index in [4.69, 9.17) is 5.73 Å². The van der Waals surface area contributed by atoms with Gasteiger partial charge in [0.15, 0.2) is 0 Å². The average molecular weight is 226 g/mol. The van der Waals surface area contributed by atoms with E-state index < -0.39 is 0 Å². The quantitative estimate of drug-likeness (QED) is 0.689. The van der Waals surface area contributed by atoms with Crippen LogP contribution in [-0.4, -0.2) is 29.9 Å². The van der Waals surface area contributed by atoms with Crippen molar-refractivity contribution in [2.45, 2.75) is 58.4 Å². The fourth-order valence-electron chi connectivity index (χ4n) is 1.96. The topological polar surface area (TPSA) is 46.3 Å². The molecule has 1 aliphatic rings. The van der Waals surface area contributed by atoms with Crippen molar-refractivity contribution in [2.75, 3.05) is 13.1 Å². The molecule has 0 aromatic heterocycles. The maximum Gasteiger partial charge on any atom is 0.239 e. The third kappa shape index (κ3) is 4.52. The zero-order valence-corrected chi connectivity index (χ0v) is 10.7. The van der Waals surface area contributed by atoms with Crippen molar-refractivity contribution in [3.63, 3.8) is 0 Å². The largest absolute Gasteiger partial charge is 0.341 e. The van der Waals surface area contributed by atoms with Gasteiger partial charge in [0.05, 0.1) is 6.04 Å². The van der Waals surface area contributed by atoms with Gasteiger partial charge < -0.3 is 10.6 Å². The molecule has 0 radical (unpaired) electrons. The van der Waals surface area contributed by atoms with Gasteiger partial charge in [-0.15, -0.1) is 0 Å². The van der Waals surface area contributed by atoms with Gasteiger partial charge in [-0.2, -0.15) is 0 Å². The maximum atomic E-state index is 12.1. The first-order valence-corrected chi connectivity index (χ1v) is 6.73. The van der Waals surface area contributed by atoms with E-state index in [-0.39, 0.29) is 11.9 Å². The lowest BCUT2D eigenvalue weighted by molar-refractivity contribution is -0.133. The Morgan fingerprint density at radius 3 is 2.56 bits per heavy atom. The third-order valence-electron chi connectivity index (χ3n) is 3.17. The molecule has 0 aliphatic heterocycles. The summed E-state index contributed by atoms with van der Waals surface area (Å²) in [5.74, 6) is 0.927. The van der Waals surface area contributed by atoms with Crippen LogP contribution in [0.1, 0.15) is 52.4 Å². The lowest BCUT2D eigenvalue weighted by atomic mass is 10.1. The molecule has 1 unspecified atom stereocenters. The molecule has 1 amide bonds. The normalized spacial score (nSPS) is 17.2. The van der Waals surface area contributed by atoms with Crippen LogP contribution in [0.4, 0.5) is 0 Å². The SMILES string of the molecule is CCCCC(N)C(=O)N(CCC)CC1CC1. The summed E-state index contributed by atoms with van der Waals surface area (Å²) in [6, 6.07) is -0.273. The number of hydrogen-bond donors (Lipinski definition) is 1. The molecule has 94 valence electrons. The summed E-state index contributed by atoms with van der Waals surface area (Å²) in [6.07, 6.45) is 6.60. The van der Waals surface area contributed by atoms with Gasteiger partial charge in [0.1, 0.15) is 0 Å². The molecule has 1 fully saturated rings. The predicted octanol–water partition coefficient (Wildman–Crippen LogP) is 2.15. The van der Waals surface area contributed by atoms with Crippen LogP contribution in [0, 0.1) is 5.92 Å². The van der Waals surface area contributed by atoms with Crippen LogP contribution in [-0.2, 0) is 4.79 Å². The Balaban J connectivity index is 2.37. The molecule has 1 aliphatic carbocycles. The Morgan fingerprint density at radius 1 is 1.38 bits per heavy atom. The van der Waals surface area contributed by atoms with Crippen LogP contribution >= 0.6 is 0 Å². The monoisotopic (exact) mass is 226 g/mol. The van der Waals surface area contributed by atoms with E-state index in [0.29, 0.717) is 0 Å². The Labute approximate surface area is 99.4 Å². The molecule has 0 saturated heterocycles. The van der Waals surface area contributed by atoms with E-state index in [2.05, 4.69) is 13.8 Å². The highest BCUT2D eigenvalue weighted by Crippen LogP contribution is 2.30. The van der Waals surface area contributed by atoms with E-state index >= 15 is 0 Å². The first-order valence-electron chi connectivity index (χ1n) is 6.73. The summed E-state index contributed by atoms with van der Waals surface area (Å²) < 4.78 is 0. The number of nitrogens with zero attached hydrogens (tertiary/aromatic N) is 1. The second kappa shape index (κ2) is 6.89. The minimum Gasteiger partial charge on any atom is -0.341 e. The highest BCUT2D eigenvalue weighted by molar-refractivity contribution is 5.81. The number of rotatable bonds is 8. The smallest absolute Gasteiger partial charge is 0.239 e. The van der Waals surface area contributed by atoms with Gasteiger partial charge in [-0.1, -0.05) is 26.7 Å². The number of unbranched alkanes of at least 4 members (excludes halogenated alkanes) is 1. The Bertz CT molecular complexity index is 214. The summed E-state index contributed by atoms with van der Waals surface area (Å²) in [5.41, 5.74) is 5.94. The van der Waals surface area contributed by atoms with Crippen LogP contribution in [0.25, 0.3) is 0 Å². The van der Waals surface area contributed by atoms with Crippen molar-refractivity contribution in [3.05, 3.63) is 0 Å². The summed E-state index contributed by atoms with van der Waals surface area (Å²) in [5, 5.41) is 0. The second-order valence-corrected chi connectivity index (χ2v) is 4.98. The third-order valence-corrected chi connectivity index (χ3v) is 3.17. The number of nitrogens with two attached hydrogens (primary N) is 1. The zero-order valence-electron chi connectivity index (χ0n) is 10.7. The van der Waals surface area contributed by atoms with E-state index in [0.717, 1.165) is 44.7 Å². The number of carbonyl (C=O) groups excluding carboxylic acids is 1. The van der Waals surface area contributed by atoms with E-state index in [1.807, 2.05) is 4.90 Å². The molecule has 2 N–H and O–H groups in total. The molecular formula is C13H26N2O.